The standard InChI is InChI=1S/C15H17F3N2O2S/c16-15(17,18)11-3-1-2-4-12(11)19-13(23)20-7-5-14(6-8-20)21-9-10-22-14/h1-4H,5-10H2,(H,19,23). The first kappa shape index (κ1) is 16.5. The minimum absolute atomic E-state index is 0.0290. The second kappa shape index (κ2) is 6.26. The third-order valence-corrected chi connectivity index (χ3v) is 4.46. The normalized spacial score (nSPS) is 20.7. The summed E-state index contributed by atoms with van der Waals surface area (Å²) in [7, 11) is 0. The van der Waals surface area contributed by atoms with Crippen LogP contribution in [0.3, 0.4) is 0 Å². The van der Waals surface area contributed by atoms with Gasteiger partial charge in [0.1, 0.15) is 0 Å². The third kappa shape index (κ3) is 3.59. The number of ether oxygens (including phenoxy) is 2. The Bertz CT molecular complexity index is 578. The van der Waals surface area contributed by atoms with E-state index in [-0.39, 0.29) is 10.8 Å². The Kier molecular flexibility index (Phi) is 4.48. The molecule has 23 heavy (non-hydrogen) atoms. The summed E-state index contributed by atoms with van der Waals surface area (Å²) in [4.78, 5) is 1.85. The number of para-hydroxylation sites is 1. The smallest absolute Gasteiger partial charge is 0.349 e. The molecule has 2 fully saturated rings. The van der Waals surface area contributed by atoms with Crippen molar-refractivity contribution in [2.45, 2.75) is 24.8 Å². The van der Waals surface area contributed by atoms with E-state index in [1.165, 1.54) is 12.1 Å². The summed E-state index contributed by atoms with van der Waals surface area (Å²) in [5, 5.41) is 3.01. The largest absolute Gasteiger partial charge is 0.418 e. The van der Waals surface area contributed by atoms with E-state index in [9.17, 15) is 13.2 Å². The molecule has 1 aromatic rings. The monoisotopic (exact) mass is 346 g/mol. The number of nitrogens with one attached hydrogen (secondary N) is 1. The summed E-state index contributed by atoms with van der Waals surface area (Å²) < 4.78 is 50.3. The van der Waals surface area contributed by atoms with Gasteiger partial charge in [-0.3, -0.25) is 0 Å². The lowest BCUT2D eigenvalue weighted by molar-refractivity contribution is -0.180. The van der Waals surface area contributed by atoms with Crippen LogP contribution in [0.15, 0.2) is 24.3 Å². The fourth-order valence-electron chi connectivity index (χ4n) is 2.87. The first-order valence-corrected chi connectivity index (χ1v) is 7.81. The molecule has 3 rings (SSSR count). The number of hydrogen-bond acceptors (Lipinski definition) is 3. The highest BCUT2D eigenvalue weighted by Crippen LogP contribution is 2.35. The van der Waals surface area contributed by atoms with E-state index >= 15 is 0 Å². The molecule has 0 atom stereocenters. The number of piperidine rings is 1. The summed E-state index contributed by atoms with van der Waals surface area (Å²) in [5.74, 6) is -0.532. The first-order chi connectivity index (χ1) is 10.9. The van der Waals surface area contributed by atoms with E-state index in [1.54, 1.807) is 6.07 Å². The van der Waals surface area contributed by atoms with Gasteiger partial charge in [-0.2, -0.15) is 13.2 Å². The number of halogens is 3. The van der Waals surface area contributed by atoms with Crippen LogP contribution in [0.5, 0.6) is 0 Å². The van der Waals surface area contributed by atoms with Crippen LogP contribution < -0.4 is 5.32 Å². The SMILES string of the molecule is FC(F)(F)c1ccccc1NC(=S)N1CCC2(CC1)OCCO2. The molecule has 0 unspecified atom stereocenters. The molecule has 0 aliphatic carbocycles. The molecular weight excluding hydrogens is 329 g/mol. The van der Waals surface area contributed by atoms with Crippen molar-refractivity contribution in [3.05, 3.63) is 29.8 Å². The maximum absolute atomic E-state index is 13.0. The van der Waals surface area contributed by atoms with Crippen LogP contribution >= 0.6 is 12.2 Å². The summed E-state index contributed by atoms with van der Waals surface area (Å²) in [6, 6.07) is 5.32. The van der Waals surface area contributed by atoms with Crippen LogP contribution in [-0.2, 0) is 15.7 Å². The number of alkyl halides is 3. The molecule has 1 aromatic carbocycles. The Labute approximate surface area is 137 Å². The zero-order valence-corrected chi connectivity index (χ0v) is 13.2. The van der Waals surface area contributed by atoms with Crippen LogP contribution in [-0.4, -0.2) is 42.1 Å². The molecule has 2 heterocycles. The molecule has 1 spiro atoms. The lowest BCUT2D eigenvalue weighted by atomic mass is 10.0. The van der Waals surface area contributed by atoms with Crippen molar-refractivity contribution in [1.29, 1.82) is 0 Å². The van der Waals surface area contributed by atoms with Crippen molar-refractivity contribution in [3.63, 3.8) is 0 Å². The van der Waals surface area contributed by atoms with Crippen LogP contribution in [0.4, 0.5) is 18.9 Å². The molecule has 4 nitrogen and oxygen atoms in total. The van der Waals surface area contributed by atoms with Crippen molar-refractivity contribution in [2.75, 3.05) is 31.6 Å². The highest BCUT2D eigenvalue weighted by atomic mass is 32.1. The number of anilines is 1. The van der Waals surface area contributed by atoms with Gasteiger partial charge in [-0.25, -0.2) is 0 Å². The number of hydrogen-bond donors (Lipinski definition) is 1. The van der Waals surface area contributed by atoms with E-state index in [4.69, 9.17) is 21.7 Å². The van der Waals surface area contributed by atoms with Crippen molar-refractivity contribution in [1.82, 2.24) is 4.90 Å². The predicted octanol–water partition coefficient (Wildman–Crippen LogP) is 3.24. The predicted molar refractivity (Wildman–Crippen MR) is 83.1 cm³/mol. The van der Waals surface area contributed by atoms with Crippen molar-refractivity contribution < 1.29 is 22.6 Å². The first-order valence-electron chi connectivity index (χ1n) is 7.40. The van der Waals surface area contributed by atoms with Crippen molar-refractivity contribution >= 4 is 23.0 Å². The lowest BCUT2D eigenvalue weighted by Gasteiger charge is -2.38. The molecule has 2 saturated heterocycles. The molecule has 0 amide bonds. The molecule has 0 radical (unpaired) electrons. The maximum atomic E-state index is 13.0. The average Bonchev–Trinajstić information content (AvgIpc) is 2.95. The van der Waals surface area contributed by atoms with Crippen LogP contribution in [0.25, 0.3) is 0 Å². The van der Waals surface area contributed by atoms with Gasteiger partial charge in [0.05, 0.1) is 24.5 Å². The van der Waals surface area contributed by atoms with Crippen molar-refractivity contribution in [2.24, 2.45) is 0 Å². The second-order valence-corrected chi connectivity index (χ2v) is 5.95. The molecule has 0 bridgehead atoms. The second-order valence-electron chi connectivity index (χ2n) is 5.57. The average molecular weight is 346 g/mol. The Balaban J connectivity index is 1.64. The molecule has 126 valence electrons. The number of likely N-dealkylation sites (tertiary alicyclic amines) is 1. The van der Waals surface area contributed by atoms with E-state index in [0.29, 0.717) is 39.1 Å². The Hall–Kier alpha value is -1.38. The number of nitrogens with zero attached hydrogens (tertiary/aromatic N) is 1. The summed E-state index contributed by atoms with van der Waals surface area (Å²) >= 11 is 5.27. The topological polar surface area (TPSA) is 33.7 Å². The number of benzene rings is 1. The highest BCUT2D eigenvalue weighted by molar-refractivity contribution is 7.80. The Morgan fingerprint density at radius 1 is 1.13 bits per heavy atom. The number of rotatable bonds is 1. The zero-order chi connectivity index (χ0) is 16.5. The van der Waals surface area contributed by atoms with Crippen molar-refractivity contribution in [3.8, 4) is 0 Å². The third-order valence-electron chi connectivity index (χ3n) is 4.10. The highest BCUT2D eigenvalue weighted by Gasteiger charge is 2.40. The molecular formula is C15H17F3N2O2S. The van der Waals surface area contributed by atoms with Gasteiger partial charge in [0, 0.05) is 25.9 Å². The van der Waals surface area contributed by atoms with Crippen LogP contribution in [0.2, 0.25) is 0 Å². The van der Waals surface area contributed by atoms with Gasteiger partial charge < -0.3 is 19.7 Å². The molecule has 8 heteroatoms. The van der Waals surface area contributed by atoms with E-state index in [0.717, 1.165) is 6.07 Å². The van der Waals surface area contributed by atoms with Crippen LogP contribution in [0, 0.1) is 0 Å². The summed E-state index contributed by atoms with van der Waals surface area (Å²) in [5.41, 5.74) is -0.753. The minimum Gasteiger partial charge on any atom is -0.349 e. The fourth-order valence-corrected chi connectivity index (χ4v) is 3.16. The minimum atomic E-state index is -4.42. The Morgan fingerprint density at radius 2 is 1.74 bits per heavy atom. The van der Waals surface area contributed by atoms with Gasteiger partial charge >= 0.3 is 6.18 Å². The van der Waals surface area contributed by atoms with Gasteiger partial charge in [-0.1, -0.05) is 12.1 Å². The fraction of sp³-hybridized carbons (Fsp3) is 0.533. The lowest BCUT2D eigenvalue weighted by Crippen LogP contribution is -2.48. The summed E-state index contributed by atoms with van der Waals surface area (Å²) in [6.45, 7) is 2.34. The van der Waals surface area contributed by atoms with E-state index < -0.39 is 17.5 Å². The molecule has 2 aliphatic heterocycles. The molecule has 0 aromatic heterocycles. The Morgan fingerprint density at radius 3 is 2.35 bits per heavy atom. The van der Waals surface area contributed by atoms with Gasteiger partial charge in [0.25, 0.3) is 0 Å². The number of thiocarbonyl (C=S) groups is 1. The zero-order valence-electron chi connectivity index (χ0n) is 12.4. The van der Waals surface area contributed by atoms with Crippen LogP contribution in [0.1, 0.15) is 18.4 Å². The molecule has 1 N–H and O–H groups in total. The van der Waals surface area contributed by atoms with Gasteiger partial charge in [-0.15, -0.1) is 0 Å². The van der Waals surface area contributed by atoms with Gasteiger partial charge in [0.15, 0.2) is 10.9 Å². The molecule has 0 saturated carbocycles. The molecule has 2 aliphatic rings. The maximum Gasteiger partial charge on any atom is 0.418 e. The quantitative estimate of drug-likeness (QED) is 0.790. The van der Waals surface area contributed by atoms with E-state index in [2.05, 4.69) is 5.32 Å². The van der Waals surface area contributed by atoms with E-state index in [1.807, 2.05) is 4.90 Å². The van der Waals surface area contributed by atoms with Gasteiger partial charge in [0.2, 0.25) is 0 Å². The summed E-state index contributed by atoms with van der Waals surface area (Å²) in [6.07, 6.45) is -3.12. The van der Waals surface area contributed by atoms with Gasteiger partial charge in [-0.05, 0) is 24.4 Å².